The van der Waals surface area contributed by atoms with E-state index in [0.29, 0.717) is 12.1 Å². The fourth-order valence-corrected chi connectivity index (χ4v) is 1.64. The molecule has 0 saturated heterocycles. The number of nitrogens with one attached hydrogen (secondary N) is 1. The van der Waals surface area contributed by atoms with Gasteiger partial charge in [0.15, 0.2) is 0 Å². The maximum atomic E-state index is 12.8. The molecule has 0 bridgehead atoms. The smallest absolute Gasteiger partial charge is 0.288 e. The maximum absolute atomic E-state index is 12.8. The highest BCUT2D eigenvalue weighted by atomic mass is 19.3. The minimum absolute atomic E-state index is 0.473. The average Bonchev–Trinajstić information content (AvgIpc) is 2.06. The molecule has 0 unspecified atom stereocenters. The van der Waals surface area contributed by atoms with Gasteiger partial charge in [0.2, 0.25) is 0 Å². The third-order valence-corrected chi connectivity index (χ3v) is 2.57. The molecule has 0 radical (unpaired) electrons. The monoisotopic (exact) mass is 214 g/mol. The summed E-state index contributed by atoms with van der Waals surface area (Å²) in [4.78, 5) is 3.60. The quantitative estimate of drug-likeness (QED) is 0.697. The Morgan fingerprint density at radius 1 is 1.47 bits per heavy atom. The Hall–Kier alpha value is -1.06. The highest BCUT2D eigenvalue weighted by Gasteiger charge is 2.27. The van der Waals surface area contributed by atoms with Gasteiger partial charge in [-0.2, -0.15) is 8.78 Å². The van der Waals surface area contributed by atoms with Crippen molar-refractivity contribution < 1.29 is 8.78 Å². The normalized spacial score (nSPS) is 27.9. The summed E-state index contributed by atoms with van der Waals surface area (Å²) in [5.41, 5.74) is -0.494. The van der Waals surface area contributed by atoms with Gasteiger partial charge in [0.25, 0.3) is 5.92 Å². The summed E-state index contributed by atoms with van der Waals surface area (Å²) >= 11 is 0. The van der Waals surface area contributed by atoms with Gasteiger partial charge in [-0.05, 0) is 24.7 Å². The number of aliphatic imine (C=N–C) groups is 1. The fraction of sp³-hybridized carbons (Fsp3) is 0.636. The number of hydrogen-bond donors (Lipinski definition) is 1. The summed E-state index contributed by atoms with van der Waals surface area (Å²) < 4.78 is 25.5. The predicted octanol–water partition coefficient (Wildman–Crippen LogP) is 3.29. The minimum atomic E-state index is -3.03. The number of nitrogens with zero attached hydrogens (tertiary/aromatic N) is 1. The lowest BCUT2D eigenvalue weighted by Crippen LogP contribution is -2.25. The summed E-state index contributed by atoms with van der Waals surface area (Å²) in [6, 6.07) is 0. The molecule has 1 N–H and O–H groups in total. The van der Waals surface area contributed by atoms with E-state index < -0.39 is 11.6 Å². The Labute approximate surface area is 88.6 Å². The summed E-state index contributed by atoms with van der Waals surface area (Å²) in [6.45, 7) is 2.91. The highest BCUT2D eigenvalue weighted by molar-refractivity contribution is 6.32. The average molecular weight is 214 g/mol. The zero-order valence-corrected chi connectivity index (χ0v) is 9.00. The predicted molar refractivity (Wildman–Crippen MR) is 57.9 cm³/mol. The molecule has 1 rings (SSSR count). The van der Waals surface area contributed by atoms with Crippen molar-refractivity contribution in [1.82, 2.24) is 0 Å². The third-order valence-electron chi connectivity index (χ3n) is 2.57. The van der Waals surface area contributed by atoms with Crippen LogP contribution in [0.5, 0.6) is 0 Å². The van der Waals surface area contributed by atoms with E-state index in [4.69, 9.17) is 5.41 Å². The first-order valence-corrected chi connectivity index (χ1v) is 5.06. The van der Waals surface area contributed by atoms with Crippen LogP contribution >= 0.6 is 0 Å². The molecule has 1 fully saturated rings. The zero-order chi connectivity index (χ0) is 11.5. The number of alkyl halides is 2. The van der Waals surface area contributed by atoms with Crippen molar-refractivity contribution in [3.05, 3.63) is 12.3 Å². The SMILES string of the molecule is CC1CC(/C=C/N=C(\C=N)C(C)(F)F)C1. The molecule has 0 aromatic rings. The van der Waals surface area contributed by atoms with Crippen molar-refractivity contribution in [3.63, 3.8) is 0 Å². The molecule has 2 nitrogen and oxygen atoms in total. The van der Waals surface area contributed by atoms with Gasteiger partial charge in [-0.1, -0.05) is 13.0 Å². The summed E-state index contributed by atoms with van der Waals surface area (Å²) in [7, 11) is 0. The first-order chi connectivity index (χ1) is 6.93. The lowest BCUT2D eigenvalue weighted by atomic mass is 9.76. The molecule has 0 aromatic heterocycles. The van der Waals surface area contributed by atoms with Gasteiger partial charge >= 0.3 is 0 Å². The van der Waals surface area contributed by atoms with Crippen LogP contribution in [0.4, 0.5) is 8.78 Å². The van der Waals surface area contributed by atoms with Crippen molar-refractivity contribution in [2.75, 3.05) is 0 Å². The molecule has 0 atom stereocenters. The lowest BCUT2D eigenvalue weighted by molar-refractivity contribution is 0.103. The van der Waals surface area contributed by atoms with Gasteiger partial charge in [0.05, 0.1) is 0 Å². The number of hydrogen-bond acceptors (Lipinski definition) is 2. The van der Waals surface area contributed by atoms with Crippen LogP contribution < -0.4 is 0 Å². The molecule has 84 valence electrons. The second-order valence-corrected chi connectivity index (χ2v) is 4.23. The number of rotatable bonds is 4. The summed E-state index contributed by atoms with van der Waals surface area (Å²) in [5.74, 6) is -1.82. The van der Waals surface area contributed by atoms with Crippen LogP contribution in [0.1, 0.15) is 26.7 Å². The van der Waals surface area contributed by atoms with E-state index >= 15 is 0 Å². The number of allylic oxidation sites excluding steroid dienone is 1. The van der Waals surface area contributed by atoms with Crippen molar-refractivity contribution >= 4 is 11.9 Å². The van der Waals surface area contributed by atoms with Gasteiger partial charge in [-0.15, -0.1) is 0 Å². The second-order valence-electron chi connectivity index (χ2n) is 4.23. The molecule has 0 aliphatic heterocycles. The molecular weight excluding hydrogens is 198 g/mol. The van der Waals surface area contributed by atoms with Crippen LogP contribution in [0.25, 0.3) is 0 Å². The molecule has 1 saturated carbocycles. The van der Waals surface area contributed by atoms with E-state index in [1.165, 1.54) is 6.20 Å². The maximum Gasteiger partial charge on any atom is 0.288 e. The zero-order valence-electron chi connectivity index (χ0n) is 9.00. The van der Waals surface area contributed by atoms with Crippen LogP contribution in [-0.2, 0) is 0 Å². The molecule has 0 spiro atoms. The molecular formula is C11H16F2N2. The summed E-state index contributed by atoms with van der Waals surface area (Å²) in [5, 5.41) is 6.82. The van der Waals surface area contributed by atoms with Gasteiger partial charge in [-0.3, -0.25) is 4.99 Å². The van der Waals surface area contributed by atoms with Crippen LogP contribution in [0.2, 0.25) is 0 Å². The molecule has 0 amide bonds. The molecule has 1 aliphatic carbocycles. The Morgan fingerprint density at radius 3 is 2.47 bits per heavy atom. The molecule has 1 aliphatic rings. The Kier molecular flexibility index (Phi) is 3.72. The van der Waals surface area contributed by atoms with Gasteiger partial charge < -0.3 is 5.41 Å². The van der Waals surface area contributed by atoms with E-state index in [-0.39, 0.29) is 0 Å². The van der Waals surface area contributed by atoms with Crippen molar-refractivity contribution in [1.29, 1.82) is 5.41 Å². The molecule has 0 aromatic carbocycles. The largest absolute Gasteiger partial charge is 0.307 e. The summed E-state index contributed by atoms with van der Waals surface area (Å²) in [6.07, 6.45) is 6.06. The standard InChI is InChI=1S/C11H16F2N2/c1-8-5-9(6-8)3-4-15-10(7-14)11(2,12)13/h3-4,7-9,14H,5-6H2,1-2H3/b4-3+,14-7?,15-10+. The third kappa shape index (κ3) is 3.53. The first kappa shape index (κ1) is 12.0. The van der Waals surface area contributed by atoms with Gasteiger partial charge in [0, 0.05) is 19.3 Å². The Balaban J connectivity index is 2.51. The highest BCUT2D eigenvalue weighted by Crippen LogP contribution is 2.33. The van der Waals surface area contributed by atoms with Crippen LogP contribution in [0.15, 0.2) is 17.3 Å². The van der Waals surface area contributed by atoms with E-state index in [9.17, 15) is 8.78 Å². The van der Waals surface area contributed by atoms with Crippen molar-refractivity contribution in [3.8, 4) is 0 Å². The number of halogens is 2. The fourth-order valence-electron chi connectivity index (χ4n) is 1.64. The molecule has 0 heterocycles. The second kappa shape index (κ2) is 4.64. The van der Waals surface area contributed by atoms with Gasteiger partial charge in [-0.25, -0.2) is 0 Å². The lowest BCUT2D eigenvalue weighted by Gasteiger charge is -2.29. The molecule has 15 heavy (non-hydrogen) atoms. The topological polar surface area (TPSA) is 36.2 Å². The van der Waals surface area contributed by atoms with Crippen LogP contribution in [-0.4, -0.2) is 17.8 Å². The molecule has 4 heteroatoms. The van der Waals surface area contributed by atoms with Gasteiger partial charge in [0.1, 0.15) is 5.71 Å². The Bertz CT molecular complexity index is 283. The first-order valence-electron chi connectivity index (χ1n) is 5.06. The van der Waals surface area contributed by atoms with E-state index in [1.807, 2.05) is 6.08 Å². The van der Waals surface area contributed by atoms with E-state index in [0.717, 1.165) is 25.7 Å². The minimum Gasteiger partial charge on any atom is -0.307 e. The van der Waals surface area contributed by atoms with Crippen molar-refractivity contribution in [2.24, 2.45) is 16.8 Å². The Morgan fingerprint density at radius 2 is 2.07 bits per heavy atom. The van der Waals surface area contributed by atoms with Crippen molar-refractivity contribution in [2.45, 2.75) is 32.6 Å². The van der Waals surface area contributed by atoms with Crippen LogP contribution in [0, 0.1) is 17.2 Å². The van der Waals surface area contributed by atoms with E-state index in [2.05, 4.69) is 11.9 Å². The van der Waals surface area contributed by atoms with Crippen LogP contribution in [0.3, 0.4) is 0 Å². The van der Waals surface area contributed by atoms with E-state index in [1.54, 1.807) is 0 Å².